The molecule has 2 N–H and O–H groups in total. The third kappa shape index (κ3) is 6.21. The van der Waals surface area contributed by atoms with Crippen molar-refractivity contribution in [3.05, 3.63) is 82.6 Å². The third-order valence-electron chi connectivity index (χ3n) is 5.93. The molecule has 2 aliphatic rings. The molecule has 33 heavy (non-hydrogen) atoms. The first-order chi connectivity index (χ1) is 16.1. The zero-order valence-electron chi connectivity index (χ0n) is 18.7. The molecule has 0 saturated heterocycles. The number of nitrogens with one attached hydrogen (secondary N) is 1. The summed E-state index contributed by atoms with van der Waals surface area (Å²) in [7, 11) is 1.35. The fourth-order valence-corrected chi connectivity index (χ4v) is 3.71. The highest BCUT2D eigenvalue weighted by molar-refractivity contribution is 5.92. The van der Waals surface area contributed by atoms with E-state index in [-0.39, 0.29) is 24.2 Å². The molecule has 1 aliphatic heterocycles. The fraction of sp³-hybridized carbons (Fsp3) is 0.385. The lowest BCUT2D eigenvalue weighted by Gasteiger charge is -2.29. The van der Waals surface area contributed by atoms with Gasteiger partial charge in [-0.2, -0.15) is 0 Å². The second-order valence-corrected chi connectivity index (χ2v) is 8.47. The Morgan fingerprint density at radius 1 is 1.06 bits per heavy atom. The molecule has 7 heteroatoms. The Kier molecular flexibility index (Phi) is 7.42. The molecule has 1 heterocycles. The van der Waals surface area contributed by atoms with Crippen molar-refractivity contribution in [2.24, 2.45) is 5.92 Å². The van der Waals surface area contributed by atoms with Gasteiger partial charge in [-0.15, -0.1) is 0 Å². The standard InChI is InChI=1S/C26H29NO6/c1-31-26(30)21-10-8-20(9-11-21)22-12-23(25(29)27-14-17-2-3-17)33-24(13-22)32-16-19-6-4-18(15-28)5-7-19/h4-12,17,22,24,28H,2-3,13-16H2,1H3,(H,27,29)/t22-,24+/m1/s1. The van der Waals surface area contributed by atoms with Crippen molar-refractivity contribution in [2.75, 3.05) is 13.7 Å². The van der Waals surface area contributed by atoms with Crippen molar-refractivity contribution in [3.8, 4) is 0 Å². The minimum Gasteiger partial charge on any atom is -0.465 e. The van der Waals surface area contributed by atoms with Crippen LogP contribution in [0.3, 0.4) is 0 Å². The number of hydrogen-bond acceptors (Lipinski definition) is 6. The van der Waals surface area contributed by atoms with Crippen LogP contribution in [-0.4, -0.2) is 36.9 Å². The van der Waals surface area contributed by atoms with Crippen LogP contribution < -0.4 is 5.32 Å². The Hall–Kier alpha value is -3.16. The number of carbonyl (C=O) groups excluding carboxylic acids is 2. The summed E-state index contributed by atoms with van der Waals surface area (Å²) in [6, 6.07) is 14.7. The Morgan fingerprint density at radius 3 is 2.39 bits per heavy atom. The number of aliphatic hydroxyl groups is 1. The van der Waals surface area contributed by atoms with E-state index in [0.717, 1.165) is 29.5 Å². The van der Waals surface area contributed by atoms with E-state index < -0.39 is 12.3 Å². The number of ether oxygens (including phenoxy) is 3. The Balaban J connectivity index is 1.47. The quantitative estimate of drug-likeness (QED) is 0.568. The van der Waals surface area contributed by atoms with Crippen LogP contribution in [0.15, 0.2) is 60.4 Å². The van der Waals surface area contributed by atoms with Crippen molar-refractivity contribution in [2.45, 2.75) is 44.7 Å². The molecule has 174 valence electrons. The minimum atomic E-state index is -0.598. The molecule has 0 bridgehead atoms. The molecule has 1 amide bonds. The van der Waals surface area contributed by atoms with Crippen LogP contribution in [0.2, 0.25) is 0 Å². The molecule has 2 aromatic carbocycles. The first-order valence-corrected chi connectivity index (χ1v) is 11.2. The zero-order valence-corrected chi connectivity index (χ0v) is 18.7. The normalized spacial score (nSPS) is 19.9. The lowest BCUT2D eigenvalue weighted by Crippen LogP contribution is -2.33. The largest absolute Gasteiger partial charge is 0.465 e. The summed E-state index contributed by atoms with van der Waals surface area (Å²) in [6.07, 6.45) is 4.06. The average Bonchev–Trinajstić information content (AvgIpc) is 3.70. The van der Waals surface area contributed by atoms with E-state index in [0.29, 0.717) is 31.1 Å². The first kappa shape index (κ1) is 23.0. The maximum absolute atomic E-state index is 12.7. The topological polar surface area (TPSA) is 94.1 Å². The van der Waals surface area contributed by atoms with Gasteiger partial charge in [0.25, 0.3) is 5.91 Å². The van der Waals surface area contributed by atoms with Gasteiger partial charge >= 0.3 is 5.97 Å². The van der Waals surface area contributed by atoms with Gasteiger partial charge in [-0.1, -0.05) is 36.4 Å². The monoisotopic (exact) mass is 451 g/mol. The number of methoxy groups -OCH3 is 1. The predicted molar refractivity (Wildman–Crippen MR) is 121 cm³/mol. The van der Waals surface area contributed by atoms with Crippen molar-refractivity contribution in [3.63, 3.8) is 0 Å². The van der Waals surface area contributed by atoms with Crippen LogP contribution in [0.5, 0.6) is 0 Å². The zero-order chi connectivity index (χ0) is 23.2. The first-order valence-electron chi connectivity index (χ1n) is 11.2. The molecule has 0 radical (unpaired) electrons. The number of hydrogen-bond donors (Lipinski definition) is 2. The van der Waals surface area contributed by atoms with E-state index >= 15 is 0 Å². The van der Waals surface area contributed by atoms with Crippen molar-refractivity contribution in [1.29, 1.82) is 0 Å². The molecule has 0 aromatic heterocycles. The number of benzene rings is 2. The average molecular weight is 452 g/mol. The number of amides is 1. The molecule has 7 nitrogen and oxygen atoms in total. The summed E-state index contributed by atoms with van der Waals surface area (Å²) in [4.78, 5) is 24.5. The number of allylic oxidation sites excluding steroid dienone is 1. The number of rotatable bonds is 9. The van der Waals surface area contributed by atoms with Gasteiger partial charge in [0.1, 0.15) is 0 Å². The molecule has 1 saturated carbocycles. The molecule has 2 aromatic rings. The summed E-state index contributed by atoms with van der Waals surface area (Å²) in [5, 5.41) is 12.2. The summed E-state index contributed by atoms with van der Waals surface area (Å²) in [5.74, 6) is 0.0866. The molecule has 2 atom stereocenters. The summed E-state index contributed by atoms with van der Waals surface area (Å²) < 4.78 is 16.7. The molecular weight excluding hydrogens is 422 g/mol. The third-order valence-corrected chi connectivity index (χ3v) is 5.93. The van der Waals surface area contributed by atoms with Crippen LogP contribution >= 0.6 is 0 Å². The summed E-state index contributed by atoms with van der Waals surface area (Å²) in [5.41, 5.74) is 3.21. The number of carbonyl (C=O) groups is 2. The smallest absolute Gasteiger partial charge is 0.337 e. The maximum atomic E-state index is 12.7. The SMILES string of the molecule is COC(=O)c1ccc([C@@H]2C=C(C(=O)NCC3CC3)O[C@H](OCc3ccc(CO)cc3)C2)cc1. The van der Waals surface area contributed by atoms with Crippen molar-refractivity contribution >= 4 is 11.9 Å². The molecule has 1 fully saturated rings. The van der Waals surface area contributed by atoms with Crippen molar-refractivity contribution < 1.29 is 28.9 Å². The van der Waals surface area contributed by atoms with E-state index in [1.165, 1.54) is 7.11 Å². The molecule has 1 aliphatic carbocycles. The highest BCUT2D eigenvalue weighted by atomic mass is 16.7. The Labute approximate surface area is 193 Å². The van der Waals surface area contributed by atoms with Gasteiger partial charge in [-0.3, -0.25) is 4.79 Å². The Morgan fingerprint density at radius 2 is 1.76 bits per heavy atom. The second-order valence-electron chi connectivity index (χ2n) is 8.47. The molecule has 4 rings (SSSR count). The van der Waals surface area contributed by atoms with E-state index in [1.54, 1.807) is 12.1 Å². The highest BCUT2D eigenvalue weighted by Gasteiger charge is 2.30. The van der Waals surface area contributed by atoms with Crippen LogP contribution in [0.1, 0.15) is 52.2 Å². The predicted octanol–water partition coefficient (Wildman–Crippen LogP) is 3.42. The minimum absolute atomic E-state index is 0.00650. The lowest BCUT2D eigenvalue weighted by atomic mass is 9.92. The van der Waals surface area contributed by atoms with E-state index in [9.17, 15) is 14.7 Å². The van der Waals surface area contributed by atoms with Crippen LogP contribution in [-0.2, 0) is 32.2 Å². The lowest BCUT2D eigenvalue weighted by molar-refractivity contribution is -0.150. The van der Waals surface area contributed by atoms with Gasteiger partial charge in [0, 0.05) is 18.9 Å². The summed E-state index contributed by atoms with van der Waals surface area (Å²) in [6.45, 7) is 0.968. The highest BCUT2D eigenvalue weighted by Crippen LogP contribution is 2.33. The molecule has 0 spiro atoms. The van der Waals surface area contributed by atoms with Gasteiger partial charge < -0.3 is 24.6 Å². The van der Waals surface area contributed by atoms with Gasteiger partial charge in [0.05, 0.1) is 25.9 Å². The second kappa shape index (κ2) is 10.6. The van der Waals surface area contributed by atoms with Crippen molar-refractivity contribution in [1.82, 2.24) is 5.32 Å². The van der Waals surface area contributed by atoms with Crippen LogP contribution in [0.4, 0.5) is 0 Å². The molecule has 0 unspecified atom stereocenters. The number of esters is 1. The number of aliphatic hydroxyl groups excluding tert-OH is 1. The molecular formula is C26H29NO6. The Bertz CT molecular complexity index is 994. The van der Waals surface area contributed by atoms with Gasteiger partial charge in [0.15, 0.2) is 5.76 Å². The van der Waals surface area contributed by atoms with Gasteiger partial charge in [-0.25, -0.2) is 4.79 Å². The van der Waals surface area contributed by atoms with E-state index in [4.69, 9.17) is 14.2 Å². The van der Waals surface area contributed by atoms with Gasteiger partial charge in [-0.05, 0) is 53.7 Å². The summed E-state index contributed by atoms with van der Waals surface area (Å²) >= 11 is 0. The van der Waals surface area contributed by atoms with Gasteiger partial charge in [0.2, 0.25) is 6.29 Å². The maximum Gasteiger partial charge on any atom is 0.337 e. The van der Waals surface area contributed by atoms with Crippen LogP contribution in [0.25, 0.3) is 0 Å². The van der Waals surface area contributed by atoms with E-state index in [2.05, 4.69) is 5.32 Å². The fourth-order valence-electron chi connectivity index (χ4n) is 3.71. The van der Waals surface area contributed by atoms with Crippen LogP contribution in [0, 0.1) is 5.92 Å². The van der Waals surface area contributed by atoms with E-state index in [1.807, 2.05) is 42.5 Å².